The summed E-state index contributed by atoms with van der Waals surface area (Å²) in [6, 6.07) is 12.1. The van der Waals surface area contributed by atoms with Gasteiger partial charge in [0, 0.05) is 31.7 Å². The number of nitrogens with one attached hydrogen (secondary N) is 1. The van der Waals surface area contributed by atoms with E-state index < -0.39 is 0 Å². The lowest BCUT2D eigenvalue weighted by molar-refractivity contribution is -0.127. The number of aromatic nitrogens is 1. The minimum Gasteiger partial charge on any atom is -0.376 e. The Hall–Kier alpha value is -2.36. The van der Waals surface area contributed by atoms with Crippen molar-refractivity contribution in [2.75, 3.05) is 25.5 Å². The highest BCUT2D eigenvalue weighted by Gasteiger charge is 2.09. The summed E-state index contributed by atoms with van der Waals surface area (Å²) in [7, 11) is 1.84. The Balaban J connectivity index is 1.81. The van der Waals surface area contributed by atoms with Crippen LogP contribution in [0.5, 0.6) is 0 Å². The number of hydrogen-bond donors (Lipinski definition) is 1. The van der Waals surface area contributed by atoms with Crippen molar-refractivity contribution in [3.8, 4) is 0 Å². The molecule has 4 heteroatoms. The molecule has 2 aromatic rings. The van der Waals surface area contributed by atoms with Gasteiger partial charge in [0.1, 0.15) is 0 Å². The summed E-state index contributed by atoms with van der Waals surface area (Å²) in [4.78, 5) is 18.0. The Labute approximate surface area is 132 Å². The number of hydrogen-bond acceptors (Lipinski definition) is 3. The van der Waals surface area contributed by atoms with Crippen LogP contribution in [0, 0.1) is 0 Å². The number of amides is 1. The number of aryl methyl sites for hydroxylation is 1. The summed E-state index contributed by atoms with van der Waals surface area (Å²) >= 11 is 0. The number of anilines is 1. The van der Waals surface area contributed by atoms with Crippen molar-refractivity contribution >= 4 is 11.6 Å². The van der Waals surface area contributed by atoms with Crippen molar-refractivity contribution in [1.82, 2.24) is 9.88 Å². The molecule has 0 radical (unpaired) electrons. The van der Waals surface area contributed by atoms with Crippen molar-refractivity contribution in [2.45, 2.75) is 19.8 Å². The monoisotopic (exact) mass is 297 g/mol. The van der Waals surface area contributed by atoms with E-state index >= 15 is 0 Å². The number of nitrogens with zero attached hydrogens (tertiary/aromatic N) is 2. The third-order valence-electron chi connectivity index (χ3n) is 3.74. The molecule has 1 heterocycles. The molecule has 0 bridgehead atoms. The van der Waals surface area contributed by atoms with Gasteiger partial charge in [-0.05, 0) is 42.2 Å². The van der Waals surface area contributed by atoms with Gasteiger partial charge in [0.2, 0.25) is 5.91 Å². The fraction of sp³-hybridized carbons (Fsp3) is 0.333. The van der Waals surface area contributed by atoms with Gasteiger partial charge in [0.15, 0.2) is 0 Å². The summed E-state index contributed by atoms with van der Waals surface area (Å²) in [6.07, 6.45) is 5.35. The molecule has 1 amide bonds. The fourth-order valence-electron chi connectivity index (χ4n) is 2.28. The Morgan fingerprint density at radius 2 is 1.91 bits per heavy atom. The topological polar surface area (TPSA) is 45.2 Å². The maximum absolute atomic E-state index is 12.2. The van der Waals surface area contributed by atoms with Gasteiger partial charge >= 0.3 is 0 Å². The van der Waals surface area contributed by atoms with Crippen LogP contribution in [0.2, 0.25) is 0 Å². The first kappa shape index (κ1) is 16.0. The molecule has 2 rings (SSSR count). The Kier molecular flexibility index (Phi) is 5.95. The van der Waals surface area contributed by atoms with Gasteiger partial charge in [-0.15, -0.1) is 0 Å². The van der Waals surface area contributed by atoms with Crippen LogP contribution in [0.15, 0.2) is 48.8 Å². The molecule has 1 aromatic carbocycles. The first-order valence-corrected chi connectivity index (χ1v) is 7.65. The van der Waals surface area contributed by atoms with Crippen LogP contribution in [-0.2, 0) is 17.6 Å². The Morgan fingerprint density at radius 1 is 1.18 bits per heavy atom. The summed E-state index contributed by atoms with van der Waals surface area (Å²) in [6.45, 7) is 3.15. The van der Waals surface area contributed by atoms with Crippen molar-refractivity contribution < 1.29 is 4.79 Å². The molecule has 0 aliphatic rings. The Morgan fingerprint density at radius 3 is 2.64 bits per heavy atom. The Bertz CT molecular complexity index is 598. The van der Waals surface area contributed by atoms with Crippen LogP contribution in [0.25, 0.3) is 0 Å². The van der Waals surface area contributed by atoms with E-state index in [1.165, 1.54) is 11.1 Å². The quantitative estimate of drug-likeness (QED) is 0.854. The second-order valence-electron chi connectivity index (χ2n) is 5.29. The highest BCUT2D eigenvalue weighted by atomic mass is 16.2. The van der Waals surface area contributed by atoms with Crippen LogP contribution in [-0.4, -0.2) is 35.9 Å². The van der Waals surface area contributed by atoms with Crippen LogP contribution in [0.4, 0.5) is 5.69 Å². The van der Waals surface area contributed by atoms with Crippen molar-refractivity contribution in [1.29, 1.82) is 0 Å². The van der Waals surface area contributed by atoms with Gasteiger partial charge in [0.05, 0.1) is 6.54 Å². The molecule has 22 heavy (non-hydrogen) atoms. The highest BCUT2D eigenvalue weighted by Crippen LogP contribution is 2.14. The molecule has 0 atom stereocenters. The molecule has 0 spiro atoms. The standard InChI is InChI=1S/C18H23N3O/c1-3-16-6-4-5-7-17(16)20-14-18(22)21(2)13-10-15-8-11-19-12-9-15/h4-9,11-12,20H,3,10,13-14H2,1-2H3. The number of carbonyl (C=O) groups excluding carboxylic acids is 1. The van der Waals surface area contributed by atoms with E-state index in [1.54, 1.807) is 17.3 Å². The lowest BCUT2D eigenvalue weighted by atomic mass is 10.1. The maximum atomic E-state index is 12.2. The smallest absolute Gasteiger partial charge is 0.241 e. The molecule has 0 saturated carbocycles. The van der Waals surface area contributed by atoms with E-state index in [9.17, 15) is 4.79 Å². The lowest BCUT2D eigenvalue weighted by Gasteiger charge is -2.18. The zero-order chi connectivity index (χ0) is 15.8. The average Bonchev–Trinajstić information content (AvgIpc) is 2.58. The molecular formula is C18H23N3O. The predicted octanol–water partition coefficient (Wildman–Crippen LogP) is 2.76. The van der Waals surface area contributed by atoms with Gasteiger partial charge in [-0.3, -0.25) is 9.78 Å². The van der Waals surface area contributed by atoms with Gasteiger partial charge in [-0.1, -0.05) is 25.1 Å². The number of benzene rings is 1. The second kappa shape index (κ2) is 8.17. The third-order valence-corrected chi connectivity index (χ3v) is 3.74. The SMILES string of the molecule is CCc1ccccc1NCC(=O)N(C)CCc1ccncc1. The summed E-state index contributed by atoms with van der Waals surface area (Å²) < 4.78 is 0. The number of rotatable bonds is 7. The van der Waals surface area contributed by atoms with Crippen LogP contribution in [0.3, 0.4) is 0 Å². The van der Waals surface area contributed by atoms with E-state index in [0.717, 1.165) is 18.5 Å². The fourth-order valence-corrected chi connectivity index (χ4v) is 2.28. The molecule has 1 N–H and O–H groups in total. The second-order valence-corrected chi connectivity index (χ2v) is 5.29. The van der Waals surface area contributed by atoms with Crippen molar-refractivity contribution in [3.63, 3.8) is 0 Å². The molecule has 116 valence electrons. The summed E-state index contributed by atoms with van der Waals surface area (Å²) in [5, 5.41) is 3.24. The molecule has 0 unspecified atom stereocenters. The van der Waals surface area contributed by atoms with Crippen molar-refractivity contribution in [3.05, 3.63) is 59.9 Å². The van der Waals surface area contributed by atoms with Crippen LogP contribution < -0.4 is 5.32 Å². The lowest BCUT2D eigenvalue weighted by Crippen LogP contribution is -2.33. The maximum Gasteiger partial charge on any atom is 0.241 e. The molecule has 1 aromatic heterocycles. The molecule has 0 saturated heterocycles. The minimum absolute atomic E-state index is 0.0972. The third kappa shape index (κ3) is 4.58. The van der Waals surface area contributed by atoms with Gasteiger partial charge in [-0.25, -0.2) is 0 Å². The number of likely N-dealkylation sites (N-methyl/N-ethyl adjacent to an activating group) is 1. The number of carbonyl (C=O) groups is 1. The van der Waals surface area contributed by atoms with Gasteiger partial charge in [-0.2, -0.15) is 0 Å². The first-order valence-electron chi connectivity index (χ1n) is 7.65. The van der Waals surface area contributed by atoms with Crippen LogP contribution in [0.1, 0.15) is 18.1 Å². The van der Waals surface area contributed by atoms with E-state index in [2.05, 4.69) is 23.3 Å². The van der Waals surface area contributed by atoms with Gasteiger partial charge in [0.25, 0.3) is 0 Å². The first-order chi connectivity index (χ1) is 10.7. The molecule has 0 fully saturated rings. The molecule has 0 aliphatic carbocycles. The average molecular weight is 297 g/mol. The molecular weight excluding hydrogens is 274 g/mol. The zero-order valence-electron chi connectivity index (χ0n) is 13.2. The minimum atomic E-state index is 0.0972. The number of pyridine rings is 1. The van der Waals surface area contributed by atoms with E-state index in [0.29, 0.717) is 13.1 Å². The predicted molar refractivity (Wildman–Crippen MR) is 89.9 cm³/mol. The van der Waals surface area contributed by atoms with E-state index in [1.807, 2.05) is 37.4 Å². The van der Waals surface area contributed by atoms with Crippen molar-refractivity contribution in [2.24, 2.45) is 0 Å². The van der Waals surface area contributed by atoms with Gasteiger partial charge < -0.3 is 10.2 Å². The van der Waals surface area contributed by atoms with Crippen LogP contribution >= 0.6 is 0 Å². The molecule has 4 nitrogen and oxygen atoms in total. The number of para-hydroxylation sites is 1. The van der Waals surface area contributed by atoms with E-state index in [-0.39, 0.29) is 5.91 Å². The normalized spacial score (nSPS) is 10.3. The highest BCUT2D eigenvalue weighted by molar-refractivity contribution is 5.80. The zero-order valence-corrected chi connectivity index (χ0v) is 13.2. The summed E-state index contributed by atoms with van der Waals surface area (Å²) in [5.41, 5.74) is 3.47. The molecule has 0 aliphatic heterocycles. The van der Waals surface area contributed by atoms with E-state index in [4.69, 9.17) is 0 Å². The largest absolute Gasteiger partial charge is 0.376 e. The summed E-state index contributed by atoms with van der Waals surface area (Å²) in [5.74, 6) is 0.0972.